The molecule has 1 aliphatic rings. The number of hydrogen-bond donors (Lipinski definition) is 0. The maximum absolute atomic E-state index is 6.70. The molecule has 7 rings (SSSR count). The molecule has 0 spiro atoms. The lowest BCUT2D eigenvalue weighted by molar-refractivity contribution is 0.569. The van der Waals surface area contributed by atoms with Crippen molar-refractivity contribution in [1.82, 2.24) is 0 Å². The van der Waals surface area contributed by atoms with Crippen LogP contribution in [0.3, 0.4) is 0 Å². The molecule has 0 saturated carbocycles. The maximum atomic E-state index is 6.70. The highest BCUT2D eigenvalue weighted by molar-refractivity contribution is 6.14. The Bertz CT molecular complexity index is 1990. The summed E-state index contributed by atoms with van der Waals surface area (Å²) in [5.41, 5.74) is 15.3. The van der Waals surface area contributed by atoms with Crippen molar-refractivity contribution in [1.29, 1.82) is 0 Å². The Hall–Kier alpha value is -4.10. The fourth-order valence-corrected chi connectivity index (χ4v) is 7.35. The van der Waals surface area contributed by atoms with Crippen molar-refractivity contribution < 1.29 is 4.42 Å². The van der Waals surface area contributed by atoms with Crippen LogP contribution in [0.4, 0.5) is 0 Å². The molecule has 0 radical (unpaired) electrons. The molecule has 1 aromatic heterocycles. The van der Waals surface area contributed by atoms with Crippen LogP contribution in [0.1, 0.15) is 102 Å². The maximum Gasteiger partial charge on any atom is 0.136 e. The van der Waals surface area contributed by atoms with Gasteiger partial charge in [0.25, 0.3) is 0 Å². The molecule has 5 aromatic carbocycles. The second-order valence-electron chi connectivity index (χ2n) is 15.8. The van der Waals surface area contributed by atoms with E-state index in [1.54, 1.807) is 0 Å². The monoisotopic (exact) mass is 576 g/mol. The van der Waals surface area contributed by atoms with E-state index in [-0.39, 0.29) is 22.2 Å². The lowest BCUT2D eigenvalue weighted by Gasteiger charge is -2.28. The third-order valence-electron chi connectivity index (χ3n) is 9.57. The molecule has 1 aliphatic carbocycles. The highest BCUT2D eigenvalue weighted by Crippen LogP contribution is 2.52. The van der Waals surface area contributed by atoms with Crippen LogP contribution in [0.2, 0.25) is 0 Å². The van der Waals surface area contributed by atoms with E-state index < -0.39 is 0 Å². The lowest BCUT2D eigenvalue weighted by Crippen LogP contribution is -2.17. The van der Waals surface area contributed by atoms with Crippen molar-refractivity contribution in [2.24, 2.45) is 0 Å². The Kier molecular flexibility index (Phi) is 6.32. The molecule has 0 bridgehead atoms. The van der Waals surface area contributed by atoms with E-state index in [1.165, 1.54) is 66.4 Å². The SMILES string of the molecule is CC(C)(C)c1cc(-c2cccc3oc4ccc(C5c6ccccc6-c6ccccc65)c(C(C)(C)C)c4c23)cc(C(C)(C)C)c1. The fraction of sp³-hybridized carbons (Fsp3) is 0.302. The summed E-state index contributed by atoms with van der Waals surface area (Å²) < 4.78 is 6.70. The van der Waals surface area contributed by atoms with Gasteiger partial charge in [0, 0.05) is 16.7 Å². The minimum Gasteiger partial charge on any atom is -0.456 e. The van der Waals surface area contributed by atoms with Gasteiger partial charge in [0.1, 0.15) is 11.2 Å². The molecular formula is C43H44O. The summed E-state index contributed by atoms with van der Waals surface area (Å²) in [6.45, 7) is 21.0. The number of benzene rings is 5. The van der Waals surface area contributed by atoms with Crippen LogP contribution in [-0.2, 0) is 16.2 Å². The van der Waals surface area contributed by atoms with Crippen LogP contribution in [0.5, 0.6) is 0 Å². The molecule has 6 aromatic rings. The van der Waals surface area contributed by atoms with Crippen molar-refractivity contribution in [3.8, 4) is 22.3 Å². The van der Waals surface area contributed by atoms with Crippen molar-refractivity contribution in [3.05, 3.63) is 130 Å². The Balaban J connectivity index is 1.58. The summed E-state index contributed by atoms with van der Waals surface area (Å²) in [4.78, 5) is 0. The average Bonchev–Trinajstić information content (AvgIpc) is 3.51. The molecule has 0 fully saturated rings. The normalized spacial score (nSPS) is 13.9. The molecular weight excluding hydrogens is 532 g/mol. The largest absolute Gasteiger partial charge is 0.456 e. The van der Waals surface area contributed by atoms with Crippen LogP contribution in [-0.4, -0.2) is 0 Å². The molecule has 0 atom stereocenters. The van der Waals surface area contributed by atoms with Gasteiger partial charge in [0.2, 0.25) is 0 Å². The zero-order chi connectivity index (χ0) is 31.2. The van der Waals surface area contributed by atoms with Gasteiger partial charge in [-0.2, -0.15) is 0 Å². The van der Waals surface area contributed by atoms with Gasteiger partial charge in [0.05, 0.1) is 0 Å². The van der Waals surface area contributed by atoms with Crippen molar-refractivity contribution in [2.45, 2.75) is 84.5 Å². The zero-order valence-electron chi connectivity index (χ0n) is 27.7. The number of rotatable bonds is 2. The van der Waals surface area contributed by atoms with Gasteiger partial charge in [-0.05, 0) is 84.0 Å². The Morgan fingerprint density at radius 3 is 1.52 bits per heavy atom. The van der Waals surface area contributed by atoms with Gasteiger partial charge in [0.15, 0.2) is 0 Å². The van der Waals surface area contributed by atoms with E-state index in [2.05, 4.69) is 159 Å². The second kappa shape index (κ2) is 9.70. The summed E-state index contributed by atoms with van der Waals surface area (Å²) in [7, 11) is 0. The van der Waals surface area contributed by atoms with Crippen molar-refractivity contribution >= 4 is 21.9 Å². The Morgan fingerprint density at radius 1 is 0.455 bits per heavy atom. The predicted molar refractivity (Wildman–Crippen MR) is 188 cm³/mol. The van der Waals surface area contributed by atoms with Crippen molar-refractivity contribution in [2.75, 3.05) is 0 Å². The molecule has 1 heterocycles. The zero-order valence-corrected chi connectivity index (χ0v) is 27.7. The van der Waals surface area contributed by atoms with Gasteiger partial charge in [-0.15, -0.1) is 0 Å². The third-order valence-corrected chi connectivity index (χ3v) is 9.57. The summed E-state index contributed by atoms with van der Waals surface area (Å²) >= 11 is 0. The Labute approximate surface area is 262 Å². The highest BCUT2D eigenvalue weighted by atomic mass is 16.3. The van der Waals surface area contributed by atoms with Crippen LogP contribution in [0.25, 0.3) is 44.2 Å². The summed E-state index contributed by atoms with van der Waals surface area (Å²) in [5.74, 6) is 0.176. The van der Waals surface area contributed by atoms with Crippen LogP contribution in [0, 0.1) is 0 Å². The first kappa shape index (κ1) is 28.7. The van der Waals surface area contributed by atoms with E-state index in [9.17, 15) is 0 Å². The van der Waals surface area contributed by atoms with Crippen molar-refractivity contribution in [3.63, 3.8) is 0 Å². The first-order chi connectivity index (χ1) is 20.7. The summed E-state index contributed by atoms with van der Waals surface area (Å²) in [6.07, 6.45) is 0. The fourth-order valence-electron chi connectivity index (χ4n) is 7.35. The second-order valence-corrected chi connectivity index (χ2v) is 15.8. The molecule has 0 amide bonds. The van der Waals surface area contributed by atoms with Crippen LogP contribution in [0.15, 0.2) is 101 Å². The van der Waals surface area contributed by atoms with E-state index >= 15 is 0 Å². The molecule has 44 heavy (non-hydrogen) atoms. The van der Waals surface area contributed by atoms with E-state index in [1.807, 2.05) is 0 Å². The van der Waals surface area contributed by atoms with E-state index in [4.69, 9.17) is 4.42 Å². The summed E-state index contributed by atoms with van der Waals surface area (Å²) in [5, 5.41) is 2.47. The first-order valence-corrected chi connectivity index (χ1v) is 16.1. The predicted octanol–water partition coefficient (Wildman–Crippen LogP) is 12.3. The average molecular weight is 577 g/mol. The van der Waals surface area contributed by atoms with Crippen LogP contribution >= 0.6 is 0 Å². The number of hydrogen-bond acceptors (Lipinski definition) is 1. The first-order valence-electron chi connectivity index (χ1n) is 16.1. The van der Waals surface area contributed by atoms with E-state index in [0.717, 1.165) is 11.2 Å². The molecule has 0 saturated heterocycles. The standard InChI is InChI=1S/C43H44O/c1-41(2,3)27-23-26(24-28(25-27)42(4,5)6)29-19-14-20-35-38(29)39-36(44-35)22-21-34(40(39)43(7,8)9)37-32-17-12-10-15-30(32)31-16-11-13-18-33(31)37/h10-25,37H,1-9H3. The minimum atomic E-state index is -0.116. The molecule has 1 nitrogen and oxygen atoms in total. The number of furan rings is 1. The summed E-state index contributed by atoms with van der Waals surface area (Å²) in [6, 6.07) is 36.3. The molecule has 0 unspecified atom stereocenters. The Morgan fingerprint density at radius 2 is 0.977 bits per heavy atom. The van der Waals surface area contributed by atoms with Gasteiger partial charge >= 0.3 is 0 Å². The highest BCUT2D eigenvalue weighted by Gasteiger charge is 2.35. The van der Waals surface area contributed by atoms with Gasteiger partial charge in [-0.1, -0.05) is 147 Å². The lowest BCUT2D eigenvalue weighted by atomic mass is 9.75. The van der Waals surface area contributed by atoms with Crippen LogP contribution < -0.4 is 0 Å². The smallest absolute Gasteiger partial charge is 0.136 e. The molecule has 0 aliphatic heterocycles. The van der Waals surface area contributed by atoms with Gasteiger partial charge in [-0.25, -0.2) is 0 Å². The molecule has 0 N–H and O–H groups in total. The molecule has 222 valence electrons. The third kappa shape index (κ3) is 4.52. The van der Waals surface area contributed by atoms with Gasteiger partial charge in [-0.3, -0.25) is 0 Å². The topological polar surface area (TPSA) is 13.1 Å². The van der Waals surface area contributed by atoms with E-state index in [0.29, 0.717) is 0 Å². The number of fused-ring (bicyclic) bond motifs is 6. The molecule has 1 heteroatoms. The quantitative estimate of drug-likeness (QED) is 0.199. The van der Waals surface area contributed by atoms with Gasteiger partial charge < -0.3 is 4.42 Å². The minimum absolute atomic E-state index is 0.0371.